The number of halogens is 1. The standard InChI is InChI=1S/C25H32FN3O5S.Na/c1-24(2)19(23(32)33)29-21(31)18(22(29)35-24)27-20(30)17(15-11-7-8-12-16(15)26)28-34-25(3)13-9-5-4-6-10-14-25;/h7-8,11-12,18-19,22H,4-6,9-10,13-14H2,1-3H3,(H,27,30)(H,32,33);/q;+1/p-1/b28-17-;/t18-,19-,22+;/m0./s1. The molecule has 3 aliphatic rings. The van der Waals surface area contributed by atoms with Gasteiger partial charge in [0.2, 0.25) is 5.91 Å². The zero-order valence-corrected chi connectivity index (χ0v) is 24.0. The van der Waals surface area contributed by atoms with Crippen molar-refractivity contribution in [3.8, 4) is 0 Å². The maximum absolute atomic E-state index is 14.7. The zero-order chi connectivity index (χ0) is 25.4. The number of hydrogen-bond donors (Lipinski definition) is 1. The van der Waals surface area contributed by atoms with Crippen molar-refractivity contribution in [1.29, 1.82) is 0 Å². The van der Waals surface area contributed by atoms with Crippen molar-refractivity contribution in [3.05, 3.63) is 35.6 Å². The topological polar surface area (TPSA) is 111 Å². The quantitative estimate of drug-likeness (QED) is 0.228. The largest absolute Gasteiger partial charge is 1.00 e. The molecule has 0 unspecified atom stereocenters. The molecule has 0 bridgehead atoms. The van der Waals surface area contributed by atoms with Gasteiger partial charge in [-0.2, -0.15) is 0 Å². The first-order valence-electron chi connectivity index (χ1n) is 12.1. The molecule has 4 rings (SSSR count). The van der Waals surface area contributed by atoms with Crippen molar-refractivity contribution in [1.82, 2.24) is 10.2 Å². The van der Waals surface area contributed by atoms with E-state index in [9.17, 15) is 23.9 Å². The summed E-state index contributed by atoms with van der Waals surface area (Å²) in [5.74, 6) is -3.24. The summed E-state index contributed by atoms with van der Waals surface area (Å²) in [5, 5.41) is 17.9. The molecule has 3 atom stereocenters. The SMILES string of the molecule is CC1(O/N=C(\C(=O)N[C@H]2C(=O)N3[C@@H]2SC(C)(C)[C@@H]3C(=O)[O-])c2ccccc2F)CCCCCCC1.[Na+]. The Bertz CT molecular complexity index is 1040. The van der Waals surface area contributed by atoms with E-state index in [1.807, 2.05) is 6.92 Å². The molecule has 1 aliphatic carbocycles. The van der Waals surface area contributed by atoms with Gasteiger partial charge in [-0.3, -0.25) is 9.59 Å². The van der Waals surface area contributed by atoms with Crippen LogP contribution in [0.4, 0.5) is 4.39 Å². The first-order valence-corrected chi connectivity index (χ1v) is 12.9. The summed E-state index contributed by atoms with van der Waals surface area (Å²) in [6, 6.07) is 3.72. The molecule has 3 fully saturated rings. The van der Waals surface area contributed by atoms with Gasteiger partial charge in [0.15, 0.2) is 5.71 Å². The third kappa shape index (κ3) is 5.76. The number of aliphatic carboxylic acids is 1. The predicted molar refractivity (Wildman–Crippen MR) is 128 cm³/mol. The number of nitrogens with zero attached hydrogens (tertiary/aromatic N) is 2. The fourth-order valence-electron chi connectivity index (χ4n) is 5.10. The summed E-state index contributed by atoms with van der Waals surface area (Å²) in [4.78, 5) is 44.9. The van der Waals surface area contributed by atoms with Crippen LogP contribution in [-0.4, -0.2) is 56.2 Å². The average Bonchev–Trinajstić information content (AvgIpc) is 3.04. The Morgan fingerprint density at radius 2 is 1.75 bits per heavy atom. The van der Waals surface area contributed by atoms with Crippen LogP contribution >= 0.6 is 11.8 Å². The fourth-order valence-corrected chi connectivity index (χ4v) is 6.72. The van der Waals surface area contributed by atoms with Gasteiger partial charge in [-0.15, -0.1) is 11.8 Å². The molecule has 11 heteroatoms. The Labute approximate surface area is 237 Å². The molecular weight excluding hydrogens is 496 g/mol. The van der Waals surface area contributed by atoms with Gasteiger partial charge in [-0.25, -0.2) is 4.39 Å². The summed E-state index contributed by atoms with van der Waals surface area (Å²) in [6.07, 6.45) is 6.90. The number of rotatable bonds is 6. The number of nitrogens with one attached hydrogen (secondary N) is 1. The maximum Gasteiger partial charge on any atom is 1.00 e. The van der Waals surface area contributed by atoms with Gasteiger partial charge in [0.1, 0.15) is 22.8 Å². The van der Waals surface area contributed by atoms with Crippen molar-refractivity contribution < 1.29 is 58.3 Å². The number of thioether (sulfide) groups is 1. The van der Waals surface area contributed by atoms with Crippen LogP contribution in [0.15, 0.2) is 29.4 Å². The number of carbonyl (C=O) groups excluding carboxylic acids is 3. The Balaban J connectivity index is 0.00000361. The van der Waals surface area contributed by atoms with Crippen molar-refractivity contribution in [3.63, 3.8) is 0 Å². The number of oxime groups is 1. The van der Waals surface area contributed by atoms with Crippen LogP contribution in [0.25, 0.3) is 0 Å². The first-order chi connectivity index (χ1) is 16.5. The van der Waals surface area contributed by atoms with Crippen LogP contribution in [0.5, 0.6) is 0 Å². The smallest absolute Gasteiger partial charge is 0.548 e. The summed E-state index contributed by atoms with van der Waals surface area (Å²) >= 11 is 1.28. The molecule has 0 aromatic heterocycles. The minimum absolute atomic E-state index is 0. The van der Waals surface area contributed by atoms with E-state index in [1.165, 1.54) is 41.3 Å². The summed E-state index contributed by atoms with van der Waals surface area (Å²) in [7, 11) is 0. The van der Waals surface area contributed by atoms with E-state index in [2.05, 4.69) is 10.5 Å². The third-order valence-corrected chi connectivity index (χ3v) is 8.64. The summed E-state index contributed by atoms with van der Waals surface area (Å²) in [6.45, 7) is 5.39. The molecule has 1 N–H and O–H groups in total. The Hall–Kier alpha value is -1.62. The van der Waals surface area contributed by atoms with Gasteiger partial charge >= 0.3 is 29.6 Å². The molecule has 2 saturated heterocycles. The molecule has 1 aromatic carbocycles. The monoisotopic (exact) mass is 527 g/mol. The molecule has 2 aliphatic heterocycles. The van der Waals surface area contributed by atoms with Crippen LogP contribution in [-0.2, 0) is 19.2 Å². The summed E-state index contributed by atoms with van der Waals surface area (Å²) < 4.78 is 13.9. The fraction of sp³-hybridized carbons (Fsp3) is 0.600. The van der Waals surface area contributed by atoms with Gasteiger partial charge in [0.25, 0.3) is 5.91 Å². The molecule has 8 nitrogen and oxygen atoms in total. The van der Waals surface area contributed by atoms with Gasteiger partial charge in [0.05, 0.1) is 12.0 Å². The third-order valence-electron chi connectivity index (χ3n) is 7.06. The van der Waals surface area contributed by atoms with E-state index < -0.39 is 51.4 Å². The van der Waals surface area contributed by atoms with Crippen LogP contribution in [0.2, 0.25) is 0 Å². The molecule has 0 spiro atoms. The van der Waals surface area contributed by atoms with E-state index in [0.29, 0.717) is 0 Å². The number of β-lactam (4-membered cyclic amide) rings is 1. The molecule has 36 heavy (non-hydrogen) atoms. The van der Waals surface area contributed by atoms with E-state index in [0.717, 1.165) is 38.5 Å². The van der Waals surface area contributed by atoms with E-state index in [1.54, 1.807) is 19.9 Å². The number of fused-ring (bicyclic) bond motifs is 1. The number of carbonyl (C=O) groups is 3. The number of carboxylic acid groups (broad SMARTS) is 1. The summed E-state index contributed by atoms with van der Waals surface area (Å²) in [5.41, 5.74) is -0.862. The number of hydrogen-bond acceptors (Lipinski definition) is 7. The van der Waals surface area contributed by atoms with Gasteiger partial charge in [0, 0.05) is 10.3 Å². The van der Waals surface area contributed by atoms with Gasteiger partial charge in [-0.1, -0.05) is 36.6 Å². The van der Waals surface area contributed by atoms with E-state index >= 15 is 0 Å². The van der Waals surface area contributed by atoms with Crippen molar-refractivity contribution in [2.45, 2.75) is 93.5 Å². The van der Waals surface area contributed by atoms with Gasteiger partial charge in [-0.05, 0) is 58.6 Å². The molecular formula is C25H31FN3NaO5S. The second-order valence-corrected chi connectivity index (χ2v) is 12.0. The van der Waals surface area contributed by atoms with Crippen molar-refractivity contribution in [2.75, 3.05) is 0 Å². The Kier molecular flexibility index (Phi) is 9.17. The molecule has 2 amide bonds. The van der Waals surface area contributed by atoms with Crippen LogP contribution in [0.3, 0.4) is 0 Å². The molecule has 2 heterocycles. The van der Waals surface area contributed by atoms with Gasteiger partial charge < -0.3 is 25.0 Å². The van der Waals surface area contributed by atoms with Crippen LogP contribution in [0, 0.1) is 5.82 Å². The van der Waals surface area contributed by atoms with Crippen molar-refractivity contribution in [2.24, 2.45) is 5.16 Å². The van der Waals surface area contributed by atoms with Crippen molar-refractivity contribution >= 4 is 35.3 Å². The zero-order valence-electron chi connectivity index (χ0n) is 21.2. The van der Waals surface area contributed by atoms with E-state index in [-0.39, 0.29) is 40.8 Å². The molecule has 190 valence electrons. The van der Waals surface area contributed by atoms with Crippen LogP contribution in [0.1, 0.15) is 71.3 Å². The normalized spacial score (nSPS) is 27.0. The molecule has 1 aromatic rings. The second kappa shape index (κ2) is 11.4. The molecule has 1 saturated carbocycles. The minimum Gasteiger partial charge on any atom is -0.548 e. The second-order valence-electron chi connectivity index (χ2n) is 10.3. The number of amides is 2. The number of carboxylic acids is 1. The predicted octanol–water partition coefficient (Wildman–Crippen LogP) is -0.650. The molecule has 0 radical (unpaired) electrons. The Morgan fingerprint density at radius 3 is 2.36 bits per heavy atom. The number of benzene rings is 1. The maximum atomic E-state index is 14.7. The Morgan fingerprint density at radius 1 is 1.14 bits per heavy atom. The first kappa shape index (κ1) is 28.9. The van der Waals surface area contributed by atoms with Crippen LogP contribution < -0.4 is 40.0 Å². The average molecular weight is 528 g/mol. The minimum atomic E-state index is -1.34. The van der Waals surface area contributed by atoms with E-state index in [4.69, 9.17) is 4.84 Å².